The molecule has 0 spiro atoms. The highest BCUT2D eigenvalue weighted by Gasteiger charge is 2.18. The van der Waals surface area contributed by atoms with Gasteiger partial charge in [-0.3, -0.25) is 9.59 Å². The van der Waals surface area contributed by atoms with Crippen molar-refractivity contribution in [1.29, 1.82) is 0 Å². The van der Waals surface area contributed by atoms with Crippen molar-refractivity contribution in [2.24, 2.45) is 5.73 Å². The van der Waals surface area contributed by atoms with Crippen LogP contribution >= 0.6 is 0 Å². The zero-order valence-corrected chi connectivity index (χ0v) is 17.8. The van der Waals surface area contributed by atoms with Crippen molar-refractivity contribution in [3.05, 3.63) is 68.3 Å². The van der Waals surface area contributed by atoms with Gasteiger partial charge in [-0.1, -0.05) is 0 Å². The van der Waals surface area contributed by atoms with Crippen LogP contribution < -0.4 is 16.6 Å². The number of carbonyl (C=O) groups is 1. The highest BCUT2D eigenvalue weighted by Crippen LogP contribution is 2.29. The number of benzene rings is 1. The molecule has 0 aliphatic rings. The maximum atomic E-state index is 13.1. The number of hydrogen-bond acceptors (Lipinski definition) is 3. The van der Waals surface area contributed by atoms with E-state index in [1.165, 1.54) is 0 Å². The summed E-state index contributed by atoms with van der Waals surface area (Å²) in [5.41, 5.74) is 11.6. The highest BCUT2D eigenvalue weighted by atomic mass is 16.1. The van der Waals surface area contributed by atoms with Crippen molar-refractivity contribution in [2.45, 2.75) is 53.6 Å². The van der Waals surface area contributed by atoms with Gasteiger partial charge in [0.1, 0.15) is 0 Å². The van der Waals surface area contributed by atoms with Crippen LogP contribution in [0.4, 0.5) is 0 Å². The fourth-order valence-electron chi connectivity index (χ4n) is 3.93. The van der Waals surface area contributed by atoms with E-state index < -0.39 is 0 Å². The summed E-state index contributed by atoms with van der Waals surface area (Å²) < 4.78 is 2.19. The van der Waals surface area contributed by atoms with E-state index in [9.17, 15) is 9.59 Å². The van der Waals surface area contributed by atoms with Crippen LogP contribution in [-0.2, 0) is 13.0 Å². The first-order valence-electron chi connectivity index (χ1n) is 10.0. The van der Waals surface area contributed by atoms with Crippen molar-refractivity contribution in [2.75, 3.05) is 6.54 Å². The first-order valence-corrected chi connectivity index (χ1v) is 10.0. The molecule has 0 saturated heterocycles. The van der Waals surface area contributed by atoms with Gasteiger partial charge >= 0.3 is 0 Å². The van der Waals surface area contributed by atoms with Crippen LogP contribution in [-0.4, -0.2) is 22.0 Å². The van der Waals surface area contributed by atoms with Crippen LogP contribution in [0.5, 0.6) is 0 Å². The number of rotatable bonds is 6. The number of hydrogen-bond donors (Lipinski definition) is 3. The summed E-state index contributed by atoms with van der Waals surface area (Å²) in [6.07, 6.45) is 2.79. The summed E-state index contributed by atoms with van der Waals surface area (Å²) in [4.78, 5) is 28.2. The van der Waals surface area contributed by atoms with E-state index in [1.54, 1.807) is 0 Å². The molecule has 0 aliphatic heterocycles. The number of aromatic nitrogens is 2. The van der Waals surface area contributed by atoms with Gasteiger partial charge in [0.25, 0.3) is 11.5 Å². The lowest BCUT2D eigenvalue weighted by atomic mass is 10.0. The van der Waals surface area contributed by atoms with E-state index in [1.807, 2.05) is 32.9 Å². The topological polar surface area (TPSA) is 92.9 Å². The van der Waals surface area contributed by atoms with Gasteiger partial charge in [-0.05, 0) is 82.5 Å². The van der Waals surface area contributed by atoms with Gasteiger partial charge in [0.2, 0.25) is 0 Å². The Balaban J connectivity index is 2.02. The molecular formula is C23H30N4O2. The summed E-state index contributed by atoms with van der Waals surface area (Å²) in [7, 11) is 0. The number of nitrogens with zero attached hydrogens (tertiary/aromatic N) is 1. The van der Waals surface area contributed by atoms with Gasteiger partial charge in [0.05, 0.1) is 0 Å². The molecule has 0 atom stereocenters. The van der Waals surface area contributed by atoms with Crippen molar-refractivity contribution in [3.8, 4) is 0 Å². The Hall–Kier alpha value is -2.86. The van der Waals surface area contributed by atoms with Gasteiger partial charge < -0.3 is 20.6 Å². The second-order valence-electron chi connectivity index (χ2n) is 8.02. The molecule has 1 amide bonds. The third-order valence-corrected chi connectivity index (χ3v) is 5.34. The fraction of sp³-hybridized carbons (Fsp3) is 0.391. The van der Waals surface area contributed by atoms with Crippen LogP contribution in [0.25, 0.3) is 10.9 Å². The molecule has 6 heteroatoms. The third-order valence-electron chi connectivity index (χ3n) is 5.34. The Bertz CT molecular complexity index is 1120. The maximum Gasteiger partial charge on any atom is 0.253 e. The van der Waals surface area contributed by atoms with E-state index in [2.05, 4.69) is 41.0 Å². The van der Waals surface area contributed by atoms with Crippen LogP contribution in [0.2, 0.25) is 0 Å². The summed E-state index contributed by atoms with van der Waals surface area (Å²) in [6.45, 7) is 10.7. The lowest BCUT2D eigenvalue weighted by molar-refractivity contribution is 0.0952. The molecule has 29 heavy (non-hydrogen) atoms. The second-order valence-corrected chi connectivity index (χ2v) is 8.02. The van der Waals surface area contributed by atoms with Crippen molar-refractivity contribution >= 4 is 16.8 Å². The average molecular weight is 395 g/mol. The van der Waals surface area contributed by atoms with Gasteiger partial charge in [0.15, 0.2) is 0 Å². The molecule has 154 valence electrons. The molecule has 3 aromatic rings. The number of pyridine rings is 1. The van der Waals surface area contributed by atoms with Gasteiger partial charge in [0, 0.05) is 46.5 Å². The Morgan fingerprint density at radius 1 is 1.17 bits per heavy atom. The fourth-order valence-corrected chi connectivity index (χ4v) is 3.93. The molecule has 0 saturated carbocycles. The number of aromatic amines is 1. The number of fused-ring (bicyclic) bond motifs is 1. The minimum Gasteiger partial charge on any atom is -0.348 e. The maximum absolute atomic E-state index is 13.1. The largest absolute Gasteiger partial charge is 0.348 e. The number of aryl methyl sites for hydroxylation is 3. The minimum atomic E-state index is -0.183. The molecule has 0 unspecified atom stereocenters. The molecule has 2 aromatic heterocycles. The van der Waals surface area contributed by atoms with Crippen molar-refractivity contribution in [1.82, 2.24) is 14.9 Å². The Morgan fingerprint density at radius 2 is 1.90 bits per heavy atom. The Kier molecular flexibility index (Phi) is 5.94. The number of H-pyrrole nitrogens is 1. The molecule has 0 aliphatic carbocycles. The van der Waals surface area contributed by atoms with E-state index in [4.69, 9.17) is 5.73 Å². The monoisotopic (exact) mass is 394 g/mol. The smallest absolute Gasteiger partial charge is 0.253 e. The standard InChI is InChI=1S/C23H30N4O2/c1-13(2)27-12-15(4)21-18(9-17(6-7-24)10-20(21)27)22(28)25-11-19-14(3)8-16(5)26-23(19)29/h8-10,12-13H,6-7,11,24H2,1-5H3,(H,25,28)(H,26,29). The highest BCUT2D eigenvalue weighted by molar-refractivity contribution is 6.08. The van der Waals surface area contributed by atoms with Crippen molar-refractivity contribution in [3.63, 3.8) is 0 Å². The molecule has 6 nitrogen and oxygen atoms in total. The third kappa shape index (κ3) is 4.12. The normalized spacial score (nSPS) is 11.4. The predicted octanol–water partition coefficient (Wildman–Crippen LogP) is 3.27. The number of nitrogens with one attached hydrogen (secondary N) is 2. The summed E-state index contributed by atoms with van der Waals surface area (Å²) in [5, 5.41) is 3.89. The molecule has 1 aromatic carbocycles. The summed E-state index contributed by atoms with van der Waals surface area (Å²) in [5.74, 6) is -0.183. The lowest BCUT2D eigenvalue weighted by Crippen LogP contribution is -2.28. The molecule has 3 rings (SSSR count). The van der Waals surface area contributed by atoms with E-state index in [0.717, 1.165) is 33.3 Å². The zero-order valence-electron chi connectivity index (χ0n) is 17.8. The molecule has 0 fully saturated rings. The SMILES string of the molecule is Cc1cc(C)c(CNC(=O)c2cc(CCN)cc3c2c(C)cn3C(C)C)c(=O)[nH]1. The predicted molar refractivity (Wildman–Crippen MR) is 118 cm³/mol. The Labute approximate surface area is 171 Å². The minimum absolute atomic E-state index is 0.160. The van der Waals surface area contributed by atoms with Crippen molar-refractivity contribution < 1.29 is 4.79 Å². The number of amides is 1. The van der Waals surface area contributed by atoms with E-state index in [-0.39, 0.29) is 24.1 Å². The van der Waals surface area contributed by atoms with E-state index >= 15 is 0 Å². The first-order chi connectivity index (χ1) is 13.7. The summed E-state index contributed by atoms with van der Waals surface area (Å²) in [6, 6.07) is 6.24. The zero-order chi connectivity index (χ0) is 21.3. The number of carbonyl (C=O) groups excluding carboxylic acids is 1. The van der Waals surface area contributed by atoms with Gasteiger partial charge in [-0.15, -0.1) is 0 Å². The van der Waals surface area contributed by atoms with E-state index in [0.29, 0.717) is 24.1 Å². The lowest BCUT2D eigenvalue weighted by Gasteiger charge is -2.13. The first kappa shape index (κ1) is 20.9. The quantitative estimate of drug-likeness (QED) is 0.599. The number of nitrogens with two attached hydrogens (primary N) is 1. The average Bonchev–Trinajstić information content (AvgIpc) is 2.97. The second kappa shape index (κ2) is 8.25. The van der Waals surface area contributed by atoms with Crippen LogP contribution in [0.3, 0.4) is 0 Å². The van der Waals surface area contributed by atoms with Crippen LogP contribution in [0, 0.1) is 20.8 Å². The van der Waals surface area contributed by atoms with Crippen LogP contribution in [0.15, 0.2) is 29.2 Å². The molecular weight excluding hydrogens is 364 g/mol. The Morgan fingerprint density at radius 3 is 2.52 bits per heavy atom. The molecule has 4 N–H and O–H groups in total. The molecule has 2 heterocycles. The molecule has 0 bridgehead atoms. The van der Waals surface area contributed by atoms with Crippen LogP contribution in [0.1, 0.15) is 58.2 Å². The van der Waals surface area contributed by atoms with Gasteiger partial charge in [-0.2, -0.15) is 0 Å². The molecule has 0 radical (unpaired) electrons. The summed E-state index contributed by atoms with van der Waals surface area (Å²) >= 11 is 0. The van der Waals surface area contributed by atoms with Gasteiger partial charge in [-0.25, -0.2) is 0 Å².